The molecule has 7 heteroatoms. The predicted molar refractivity (Wildman–Crippen MR) is 117 cm³/mol. The number of carbonyl (C=O) groups is 1. The van der Waals surface area contributed by atoms with Crippen LogP contribution >= 0.6 is 0 Å². The van der Waals surface area contributed by atoms with Crippen LogP contribution in [0.3, 0.4) is 0 Å². The van der Waals surface area contributed by atoms with Crippen LogP contribution in [0.5, 0.6) is 0 Å². The van der Waals surface area contributed by atoms with Gasteiger partial charge in [-0.25, -0.2) is 8.42 Å². The molecule has 0 fully saturated rings. The quantitative estimate of drug-likeness (QED) is 0.602. The van der Waals surface area contributed by atoms with Crippen LogP contribution in [0.2, 0.25) is 0 Å². The summed E-state index contributed by atoms with van der Waals surface area (Å²) in [6, 6.07) is 15.3. The van der Waals surface area contributed by atoms with Crippen molar-refractivity contribution in [1.82, 2.24) is 5.32 Å². The van der Waals surface area contributed by atoms with Gasteiger partial charge in [0.1, 0.15) is 5.76 Å². The standard InChI is InChI=1S/C23H26N2O4S/c1-16-7-10-18(23(2,3)4)14-21(16)30(27,28)25-19-11-8-17(9-12-19)22(26)24-15-20-6-5-13-29-20/h5-14,25H,15H2,1-4H3,(H,24,26). The Kier molecular flexibility index (Phi) is 6.03. The average molecular weight is 427 g/mol. The van der Waals surface area contributed by atoms with E-state index < -0.39 is 10.0 Å². The summed E-state index contributed by atoms with van der Waals surface area (Å²) in [4.78, 5) is 12.5. The van der Waals surface area contributed by atoms with Crippen molar-refractivity contribution in [3.8, 4) is 0 Å². The van der Waals surface area contributed by atoms with Crippen molar-refractivity contribution in [2.45, 2.75) is 44.6 Å². The molecule has 6 nitrogen and oxygen atoms in total. The lowest BCUT2D eigenvalue weighted by Gasteiger charge is -2.21. The number of hydrogen-bond donors (Lipinski definition) is 2. The first-order valence-corrected chi connectivity index (χ1v) is 11.1. The molecule has 158 valence electrons. The summed E-state index contributed by atoms with van der Waals surface area (Å²) in [5.41, 5.74) is 2.26. The van der Waals surface area contributed by atoms with Crippen LogP contribution in [0.1, 0.15) is 48.0 Å². The zero-order valence-electron chi connectivity index (χ0n) is 17.5. The lowest BCUT2D eigenvalue weighted by Crippen LogP contribution is -2.22. The molecule has 0 atom stereocenters. The third kappa shape index (κ3) is 5.10. The van der Waals surface area contributed by atoms with Gasteiger partial charge in [-0.05, 0) is 65.9 Å². The van der Waals surface area contributed by atoms with E-state index in [2.05, 4.69) is 10.0 Å². The molecule has 1 amide bonds. The topological polar surface area (TPSA) is 88.4 Å². The fourth-order valence-electron chi connectivity index (χ4n) is 2.94. The van der Waals surface area contributed by atoms with Crippen molar-refractivity contribution in [2.24, 2.45) is 0 Å². The van der Waals surface area contributed by atoms with E-state index in [1.165, 1.54) is 0 Å². The molecule has 0 radical (unpaired) electrons. The maximum Gasteiger partial charge on any atom is 0.262 e. The van der Waals surface area contributed by atoms with E-state index in [9.17, 15) is 13.2 Å². The normalized spacial score (nSPS) is 11.9. The van der Waals surface area contributed by atoms with Crippen LogP contribution < -0.4 is 10.0 Å². The number of aryl methyl sites for hydroxylation is 1. The number of benzene rings is 2. The first kappa shape index (κ1) is 21.6. The van der Waals surface area contributed by atoms with E-state index in [-0.39, 0.29) is 22.8 Å². The molecule has 0 saturated carbocycles. The summed E-state index contributed by atoms with van der Waals surface area (Å²) in [7, 11) is -3.76. The summed E-state index contributed by atoms with van der Waals surface area (Å²) in [5.74, 6) is 0.384. The predicted octanol–water partition coefficient (Wildman–Crippen LogP) is 4.62. The van der Waals surface area contributed by atoms with Crippen LogP contribution in [0.15, 0.2) is 70.2 Å². The van der Waals surface area contributed by atoms with Gasteiger partial charge in [0, 0.05) is 11.3 Å². The lowest BCUT2D eigenvalue weighted by molar-refractivity contribution is 0.0948. The molecule has 1 aromatic heterocycles. The van der Waals surface area contributed by atoms with Crippen LogP contribution in [0, 0.1) is 6.92 Å². The molecule has 0 unspecified atom stereocenters. The molecule has 3 aromatic rings. The first-order valence-electron chi connectivity index (χ1n) is 9.61. The minimum absolute atomic E-state index is 0.164. The number of hydrogen-bond acceptors (Lipinski definition) is 4. The SMILES string of the molecule is Cc1ccc(C(C)(C)C)cc1S(=O)(=O)Nc1ccc(C(=O)NCc2ccco2)cc1. The summed E-state index contributed by atoms with van der Waals surface area (Å²) in [5, 5.41) is 2.75. The summed E-state index contributed by atoms with van der Waals surface area (Å²) in [6.07, 6.45) is 1.54. The van der Waals surface area contributed by atoms with E-state index in [0.29, 0.717) is 22.6 Å². The zero-order chi connectivity index (χ0) is 21.9. The molecule has 2 aromatic carbocycles. The maximum atomic E-state index is 13.0. The van der Waals surface area contributed by atoms with E-state index >= 15 is 0 Å². The number of anilines is 1. The molecular formula is C23H26N2O4S. The van der Waals surface area contributed by atoms with Gasteiger partial charge < -0.3 is 9.73 Å². The molecular weight excluding hydrogens is 400 g/mol. The fraction of sp³-hybridized carbons (Fsp3) is 0.261. The Bertz CT molecular complexity index is 1130. The van der Waals surface area contributed by atoms with Crippen LogP contribution in [-0.2, 0) is 22.0 Å². The Labute approximate surface area is 177 Å². The van der Waals surface area contributed by atoms with Crippen LogP contribution in [0.25, 0.3) is 0 Å². The van der Waals surface area contributed by atoms with Crippen LogP contribution in [0.4, 0.5) is 5.69 Å². The van der Waals surface area contributed by atoms with Gasteiger partial charge in [0.25, 0.3) is 15.9 Å². The van der Waals surface area contributed by atoms with Crippen molar-refractivity contribution < 1.29 is 17.6 Å². The number of carbonyl (C=O) groups excluding carboxylic acids is 1. The van der Waals surface area contributed by atoms with Gasteiger partial charge in [-0.15, -0.1) is 0 Å². The minimum atomic E-state index is -3.76. The van der Waals surface area contributed by atoms with E-state index in [0.717, 1.165) is 5.56 Å². The second-order valence-electron chi connectivity index (χ2n) is 8.18. The molecule has 0 aliphatic rings. The third-order valence-corrected chi connectivity index (χ3v) is 6.27. The summed E-state index contributed by atoms with van der Waals surface area (Å²) in [6.45, 7) is 8.17. The van der Waals surface area contributed by atoms with Crippen molar-refractivity contribution in [1.29, 1.82) is 0 Å². The van der Waals surface area contributed by atoms with Gasteiger partial charge >= 0.3 is 0 Å². The monoisotopic (exact) mass is 426 g/mol. The van der Waals surface area contributed by atoms with E-state index in [1.54, 1.807) is 55.7 Å². The second kappa shape index (κ2) is 8.36. The van der Waals surface area contributed by atoms with E-state index in [4.69, 9.17) is 4.42 Å². The lowest BCUT2D eigenvalue weighted by atomic mass is 9.87. The summed E-state index contributed by atoms with van der Waals surface area (Å²) >= 11 is 0. The number of rotatable bonds is 6. The number of amides is 1. The maximum absolute atomic E-state index is 13.0. The van der Waals surface area contributed by atoms with Crippen molar-refractivity contribution in [2.75, 3.05) is 4.72 Å². The number of sulfonamides is 1. The van der Waals surface area contributed by atoms with Crippen LogP contribution in [-0.4, -0.2) is 14.3 Å². The van der Waals surface area contributed by atoms with Crippen molar-refractivity contribution >= 4 is 21.6 Å². The molecule has 0 aliphatic heterocycles. The van der Waals surface area contributed by atoms with Gasteiger partial charge in [-0.2, -0.15) is 0 Å². The molecule has 0 aliphatic carbocycles. The average Bonchev–Trinajstić information content (AvgIpc) is 3.19. The van der Waals surface area contributed by atoms with Gasteiger partial charge in [0.2, 0.25) is 0 Å². The highest BCUT2D eigenvalue weighted by atomic mass is 32.2. The smallest absolute Gasteiger partial charge is 0.262 e. The molecule has 30 heavy (non-hydrogen) atoms. The largest absolute Gasteiger partial charge is 0.467 e. The summed E-state index contributed by atoms with van der Waals surface area (Å²) < 4.78 is 33.7. The van der Waals surface area contributed by atoms with E-state index in [1.807, 2.05) is 32.9 Å². The second-order valence-corrected chi connectivity index (χ2v) is 9.83. The Morgan fingerprint density at radius 2 is 1.73 bits per heavy atom. The van der Waals surface area contributed by atoms with Gasteiger partial charge in [0.15, 0.2) is 0 Å². The van der Waals surface area contributed by atoms with Gasteiger partial charge in [0.05, 0.1) is 17.7 Å². The molecule has 1 heterocycles. The third-order valence-electron chi connectivity index (χ3n) is 4.75. The molecule has 0 bridgehead atoms. The molecule has 2 N–H and O–H groups in total. The van der Waals surface area contributed by atoms with Crippen molar-refractivity contribution in [3.63, 3.8) is 0 Å². The highest BCUT2D eigenvalue weighted by molar-refractivity contribution is 7.92. The molecule has 3 rings (SSSR count). The van der Waals surface area contributed by atoms with Gasteiger partial charge in [-0.3, -0.25) is 9.52 Å². The van der Waals surface area contributed by atoms with Crippen molar-refractivity contribution in [3.05, 3.63) is 83.3 Å². The Balaban J connectivity index is 1.74. The minimum Gasteiger partial charge on any atom is -0.467 e. The highest BCUT2D eigenvalue weighted by Crippen LogP contribution is 2.27. The zero-order valence-corrected chi connectivity index (χ0v) is 18.3. The Morgan fingerprint density at radius 3 is 2.33 bits per heavy atom. The Hall–Kier alpha value is -3.06. The molecule has 0 spiro atoms. The van der Waals surface area contributed by atoms with Gasteiger partial charge in [-0.1, -0.05) is 32.9 Å². The highest BCUT2D eigenvalue weighted by Gasteiger charge is 2.21. The number of nitrogens with one attached hydrogen (secondary N) is 2. The number of furan rings is 1. The first-order chi connectivity index (χ1) is 14.1. The Morgan fingerprint density at radius 1 is 1.03 bits per heavy atom. The molecule has 0 saturated heterocycles. The fourth-order valence-corrected chi connectivity index (χ4v) is 4.27.